The highest BCUT2D eigenvalue weighted by Crippen LogP contribution is 2.25. The highest BCUT2D eigenvalue weighted by Gasteiger charge is 2.27. The SMILES string of the molecule is C[C@H]1C[C@H](C)CN(C(=O)c2ccccc2NC(=O)CNC(=O)Cc2ccccc2)C1. The van der Waals surface area contributed by atoms with E-state index >= 15 is 0 Å². The summed E-state index contributed by atoms with van der Waals surface area (Å²) in [5.74, 6) is 0.255. The number of hydrogen-bond acceptors (Lipinski definition) is 3. The minimum Gasteiger partial charge on any atom is -0.347 e. The number of benzene rings is 2. The number of carbonyl (C=O) groups excluding carboxylic acids is 3. The van der Waals surface area contributed by atoms with E-state index < -0.39 is 0 Å². The predicted octanol–water partition coefficient (Wildman–Crippen LogP) is 3.10. The number of nitrogens with one attached hydrogen (secondary N) is 2. The molecule has 1 aliphatic heterocycles. The van der Waals surface area contributed by atoms with E-state index in [2.05, 4.69) is 24.5 Å². The second-order valence-corrected chi connectivity index (χ2v) is 8.19. The summed E-state index contributed by atoms with van der Waals surface area (Å²) in [7, 11) is 0. The zero-order valence-corrected chi connectivity index (χ0v) is 17.6. The van der Waals surface area contributed by atoms with Gasteiger partial charge in [-0.15, -0.1) is 0 Å². The Kier molecular flexibility index (Phi) is 7.22. The Morgan fingerprint density at radius 3 is 2.23 bits per heavy atom. The van der Waals surface area contributed by atoms with Gasteiger partial charge in [0.1, 0.15) is 0 Å². The molecule has 158 valence electrons. The van der Waals surface area contributed by atoms with Gasteiger partial charge in [0.15, 0.2) is 0 Å². The van der Waals surface area contributed by atoms with Crippen LogP contribution in [0.3, 0.4) is 0 Å². The van der Waals surface area contributed by atoms with Gasteiger partial charge < -0.3 is 15.5 Å². The van der Waals surface area contributed by atoms with E-state index in [1.807, 2.05) is 35.2 Å². The first-order chi connectivity index (χ1) is 14.4. The molecule has 3 rings (SSSR count). The summed E-state index contributed by atoms with van der Waals surface area (Å²) >= 11 is 0. The van der Waals surface area contributed by atoms with Crippen molar-refractivity contribution in [3.8, 4) is 0 Å². The molecule has 0 unspecified atom stereocenters. The van der Waals surface area contributed by atoms with E-state index in [-0.39, 0.29) is 30.7 Å². The quantitative estimate of drug-likeness (QED) is 0.772. The van der Waals surface area contributed by atoms with Crippen LogP contribution < -0.4 is 10.6 Å². The lowest BCUT2D eigenvalue weighted by Gasteiger charge is -2.35. The maximum absolute atomic E-state index is 13.1. The minimum atomic E-state index is -0.364. The molecule has 2 aromatic carbocycles. The second kappa shape index (κ2) is 10.1. The van der Waals surface area contributed by atoms with Crippen molar-refractivity contribution in [2.75, 3.05) is 25.0 Å². The number of likely N-dealkylation sites (tertiary alicyclic amines) is 1. The number of anilines is 1. The molecule has 1 heterocycles. The summed E-state index contributed by atoms with van der Waals surface area (Å²) in [5.41, 5.74) is 1.83. The topological polar surface area (TPSA) is 78.5 Å². The number of carbonyl (C=O) groups is 3. The molecule has 30 heavy (non-hydrogen) atoms. The predicted molar refractivity (Wildman–Crippen MR) is 117 cm³/mol. The maximum Gasteiger partial charge on any atom is 0.255 e. The molecular formula is C24H29N3O3. The number of nitrogens with zero attached hydrogens (tertiary/aromatic N) is 1. The van der Waals surface area contributed by atoms with Gasteiger partial charge in [0.2, 0.25) is 11.8 Å². The van der Waals surface area contributed by atoms with Crippen molar-refractivity contribution >= 4 is 23.4 Å². The Balaban J connectivity index is 1.58. The highest BCUT2D eigenvalue weighted by atomic mass is 16.2. The van der Waals surface area contributed by atoms with E-state index in [4.69, 9.17) is 0 Å². The molecule has 2 N–H and O–H groups in total. The van der Waals surface area contributed by atoms with Gasteiger partial charge in [0.05, 0.1) is 24.2 Å². The van der Waals surface area contributed by atoms with Gasteiger partial charge in [-0.1, -0.05) is 56.3 Å². The molecule has 6 heteroatoms. The lowest BCUT2D eigenvalue weighted by atomic mass is 9.91. The van der Waals surface area contributed by atoms with E-state index in [9.17, 15) is 14.4 Å². The Bertz CT molecular complexity index is 888. The van der Waals surface area contributed by atoms with Gasteiger partial charge >= 0.3 is 0 Å². The van der Waals surface area contributed by atoms with Crippen molar-refractivity contribution in [1.82, 2.24) is 10.2 Å². The van der Waals surface area contributed by atoms with Gasteiger partial charge in [-0.25, -0.2) is 0 Å². The Labute approximate surface area is 177 Å². The van der Waals surface area contributed by atoms with Crippen molar-refractivity contribution < 1.29 is 14.4 Å². The summed E-state index contributed by atoms with van der Waals surface area (Å²) in [6.07, 6.45) is 1.33. The molecule has 1 fully saturated rings. The number of piperidine rings is 1. The molecule has 2 aromatic rings. The molecule has 0 spiro atoms. The van der Waals surface area contributed by atoms with Gasteiger partial charge in [0.25, 0.3) is 5.91 Å². The smallest absolute Gasteiger partial charge is 0.255 e. The van der Waals surface area contributed by atoms with Crippen LogP contribution >= 0.6 is 0 Å². The van der Waals surface area contributed by atoms with Crippen LogP contribution in [0.4, 0.5) is 5.69 Å². The lowest BCUT2D eigenvalue weighted by molar-refractivity contribution is -0.123. The number of amides is 3. The largest absolute Gasteiger partial charge is 0.347 e. The standard InChI is InChI=1S/C24H29N3O3/c1-17-12-18(2)16-27(15-17)24(30)20-10-6-7-11-21(20)26-23(29)14-25-22(28)13-19-8-4-3-5-9-19/h3-11,17-18H,12-16H2,1-2H3,(H,25,28)(H,26,29)/t17-,18-/m0/s1. The highest BCUT2D eigenvalue weighted by molar-refractivity contribution is 6.04. The fraction of sp³-hybridized carbons (Fsp3) is 0.375. The van der Waals surface area contributed by atoms with Gasteiger partial charge in [0, 0.05) is 13.1 Å². The summed E-state index contributed by atoms with van der Waals surface area (Å²) in [5, 5.41) is 5.40. The van der Waals surface area contributed by atoms with E-state index in [1.165, 1.54) is 0 Å². The Morgan fingerprint density at radius 2 is 1.53 bits per heavy atom. The Hall–Kier alpha value is -3.15. The zero-order valence-electron chi connectivity index (χ0n) is 17.6. The number of para-hydroxylation sites is 1. The molecule has 0 aromatic heterocycles. The normalized spacial score (nSPS) is 18.5. The van der Waals surface area contributed by atoms with Crippen LogP contribution in [0, 0.1) is 11.8 Å². The zero-order chi connectivity index (χ0) is 21.5. The third kappa shape index (κ3) is 5.92. The average Bonchev–Trinajstić information content (AvgIpc) is 2.72. The summed E-state index contributed by atoms with van der Waals surface area (Å²) < 4.78 is 0. The van der Waals surface area contributed by atoms with Crippen LogP contribution in [0.5, 0.6) is 0 Å². The van der Waals surface area contributed by atoms with Crippen LogP contribution in [-0.4, -0.2) is 42.3 Å². The van der Waals surface area contributed by atoms with Crippen LogP contribution in [0.1, 0.15) is 36.2 Å². The van der Waals surface area contributed by atoms with Gasteiger partial charge in [-0.3, -0.25) is 14.4 Å². The monoisotopic (exact) mass is 407 g/mol. The molecular weight excluding hydrogens is 378 g/mol. The van der Waals surface area contributed by atoms with Gasteiger partial charge in [-0.05, 0) is 36.0 Å². The summed E-state index contributed by atoms with van der Waals surface area (Å²) in [6, 6.07) is 16.4. The van der Waals surface area contributed by atoms with E-state index in [1.54, 1.807) is 24.3 Å². The maximum atomic E-state index is 13.1. The second-order valence-electron chi connectivity index (χ2n) is 8.19. The fourth-order valence-corrected chi connectivity index (χ4v) is 3.99. The average molecular weight is 408 g/mol. The molecule has 3 amide bonds. The molecule has 0 saturated carbocycles. The van der Waals surface area contributed by atoms with E-state index in [0.29, 0.717) is 23.1 Å². The molecule has 2 atom stereocenters. The summed E-state index contributed by atoms with van der Waals surface area (Å²) in [4.78, 5) is 39.4. The molecule has 6 nitrogen and oxygen atoms in total. The molecule has 1 aliphatic rings. The number of rotatable bonds is 6. The molecule has 0 aliphatic carbocycles. The third-order valence-corrected chi connectivity index (χ3v) is 5.24. The fourth-order valence-electron chi connectivity index (χ4n) is 3.99. The van der Waals surface area contributed by atoms with Crippen LogP contribution in [0.25, 0.3) is 0 Å². The van der Waals surface area contributed by atoms with Crippen molar-refractivity contribution in [1.29, 1.82) is 0 Å². The van der Waals surface area contributed by atoms with Gasteiger partial charge in [-0.2, -0.15) is 0 Å². The summed E-state index contributed by atoms with van der Waals surface area (Å²) in [6.45, 7) is 5.61. The molecule has 0 radical (unpaired) electrons. The number of hydrogen-bond donors (Lipinski definition) is 2. The molecule has 1 saturated heterocycles. The van der Waals surface area contributed by atoms with Crippen molar-refractivity contribution in [3.63, 3.8) is 0 Å². The molecule has 0 bridgehead atoms. The van der Waals surface area contributed by atoms with Crippen LogP contribution in [0.15, 0.2) is 54.6 Å². The van der Waals surface area contributed by atoms with Crippen molar-refractivity contribution in [2.45, 2.75) is 26.7 Å². The first-order valence-corrected chi connectivity index (χ1v) is 10.4. The Morgan fingerprint density at radius 1 is 0.900 bits per heavy atom. The first kappa shape index (κ1) is 21.6. The van der Waals surface area contributed by atoms with Crippen molar-refractivity contribution in [2.24, 2.45) is 11.8 Å². The minimum absolute atomic E-state index is 0.0718. The third-order valence-electron chi connectivity index (χ3n) is 5.24. The lowest BCUT2D eigenvalue weighted by Crippen LogP contribution is -2.43. The van der Waals surface area contributed by atoms with Crippen molar-refractivity contribution in [3.05, 3.63) is 65.7 Å². The van der Waals surface area contributed by atoms with Crippen LogP contribution in [-0.2, 0) is 16.0 Å². The van der Waals surface area contributed by atoms with Crippen LogP contribution in [0.2, 0.25) is 0 Å². The van der Waals surface area contributed by atoms with E-state index in [0.717, 1.165) is 25.1 Å². The first-order valence-electron chi connectivity index (χ1n) is 10.4.